The van der Waals surface area contributed by atoms with Crippen LogP contribution >= 0.6 is 15.9 Å². The molecular formula is C11H9BrO2. The monoisotopic (exact) mass is 252 g/mol. The molecule has 0 bridgehead atoms. The summed E-state index contributed by atoms with van der Waals surface area (Å²) >= 11 is 3.37. The number of fused-ring (bicyclic) bond motifs is 1. The molecule has 0 N–H and O–H groups in total. The average Bonchev–Trinajstić information content (AvgIpc) is 2.40. The number of hydrogen-bond donors (Lipinski definition) is 0. The molecule has 0 saturated heterocycles. The molecule has 14 heavy (non-hydrogen) atoms. The van der Waals surface area contributed by atoms with E-state index < -0.39 is 0 Å². The number of benzene rings is 1. The average molecular weight is 253 g/mol. The van der Waals surface area contributed by atoms with Crippen LogP contribution in [0.5, 0.6) is 0 Å². The summed E-state index contributed by atoms with van der Waals surface area (Å²) in [5.74, 6) is 0.727. The molecule has 0 radical (unpaired) electrons. The maximum absolute atomic E-state index is 11.4. The fourth-order valence-electron chi connectivity index (χ4n) is 1.63. The van der Waals surface area contributed by atoms with Crippen molar-refractivity contribution in [3.8, 4) is 0 Å². The number of furan rings is 1. The second kappa shape index (κ2) is 3.24. The Labute approximate surface area is 90.0 Å². The van der Waals surface area contributed by atoms with E-state index in [1.54, 1.807) is 6.92 Å². The first-order valence-corrected chi connectivity index (χ1v) is 5.08. The molecule has 0 aliphatic rings. The van der Waals surface area contributed by atoms with E-state index in [0.717, 1.165) is 15.4 Å². The van der Waals surface area contributed by atoms with Crippen molar-refractivity contribution in [1.29, 1.82) is 0 Å². The van der Waals surface area contributed by atoms with Crippen molar-refractivity contribution in [3.05, 3.63) is 34.0 Å². The molecule has 0 spiro atoms. The lowest BCUT2D eigenvalue weighted by atomic mass is 10.1. The lowest BCUT2D eigenvalue weighted by Gasteiger charge is -1.93. The van der Waals surface area contributed by atoms with E-state index in [-0.39, 0.29) is 5.78 Å². The van der Waals surface area contributed by atoms with Crippen LogP contribution < -0.4 is 0 Å². The Bertz CT molecular complexity index is 511. The van der Waals surface area contributed by atoms with Gasteiger partial charge in [-0.25, -0.2) is 0 Å². The summed E-state index contributed by atoms with van der Waals surface area (Å²) in [6.07, 6.45) is 0. The van der Waals surface area contributed by atoms with Gasteiger partial charge in [-0.2, -0.15) is 0 Å². The molecule has 0 aliphatic carbocycles. The number of Topliss-reactive ketones (excluding diaryl/α,β-unsaturated/α-hetero) is 1. The Morgan fingerprint density at radius 3 is 2.79 bits per heavy atom. The summed E-state index contributed by atoms with van der Waals surface area (Å²) in [5.41, 5.74) is 1.44. The van der Waals surface area contributed by atoms with Crippen LogP contribution in [0.1, 0.15) is 23.0 Å². The number of ketones is 1. The normalized spacial score (nSPS) is 10.8. The van der Waals surface area contributed by atoms with E-state index in [1.807, 2.05) is 25.1 Å². The summed E-state index contributed by atoms with van der Waals surface area (Å²) in [6, 6.07) is 5.66. The quantitative estimate of drug-likeness (QED) is 0.725. The second-order valence-electron chi connectivity index (χ2n) is 3.23. The molecule has 2 nitrogen and oxygen atoms in total. The van der Waals surface area contributed by atoms with Crippen LogP contribution in [0.4, 0.5) is 0 Å². The van der Waals surface area contributed by atoms with E-state index in [9.17, 15) is 4.79 Å². The van der Waals surface area contributed by atoms with Crippen LogP contribution in [0.15, 0.2) is 27.1 Å². The van der Waals surface area contributed by atoms with Crippen molar-refractivity contribution in [2.45, 2.75) is 13.8 Å². The zero-order valence-corrected chi connectivity index (χ0v) is 9.51. The molecule has 1 aromatic heterocycles. The van der Waals surface area contributed by atoms with Crippen molar-refractivity contribution in [3.63, 3.8) is 0 Å². The van der Waals surface area contributed by atoms with Gasteiger partial charge in [-0.15, -0.1) is 0 Å². The smallest absolute Gasteiger partial charge is 0.163 e. The van der Waals surface area contributed by atoms with E-state index in [1.165, 1.54) is 0 Å². The minimum atomic E-state index is 0.0411. The predicted octanol–water partition coefficient (Wildman–Crippen LogP) is 3.71. The van der Waals surface area contributed by atoms with Crippen molar-refractivity contribution >= 4 is 32.7 Å². The van der Waals surface area contributed by atoms with Gasteiger partial charge < -0.3 is 4.42 Å². The van der Waals surface area contributed by atoms with Gasteiger partial charge >= 0.3 is 0 Å². The molecule has 1 heterocycles. The highest BCUT2D eigenvalue weighted by atomic mass is 79.9. The number of rotatable bonds is 1. The zero-order chi connectivity index (χ0) is 10.3. The molecule has 0 aliphatic heterocycles. The van der Waals surface area contributed by atoms with Gasteiger partial charge in [0.05, 0.1) is 5.56 Å². The van der Waals surface area contributed by atoms with Gasteiger partial charge in [0.25, 0.3) is 0 Å². The highest BCUT2D eigenvalue weighted by Crippen LogP contribution is 2.28. The summed E-state index contributed by atoms with van der Waals surface area (Å²) < 4.78 is 6.43. The molecule has 2 aromatic rings. The molecule has 0 atom stereocenters. The van der Waals surface area contributed by atoms with Crippen molar-refractivity contribution in [2.75, 3.05) is 0 Å². The van der Waals surface area contributed by atoms with E-state index in [4.69, 9.17) is 4.42 Å². The summed E-state index contributed by atoms with van der Waals surface area (Å²) in [5, 5.41) is 0.879. The maximum Gasteiger partial charge on any atom is 0.163 e. The number of aryl methyl sites for hydroxylation is 1. The molecule has 0 fully saturated rings. The highest BCUT2D eigenvalue weighted by Gasteiger charge is 2.14. The fraction of sp³-hybridized carbons (Fsp3) is 0.182. The molecule has 1 aromatic carbocycles. The predicted molar refractivity (Wildman–Crippen MR) is 58.7 cm³/mol. The Kier molecular flexibility index (Phi) is 2.19. The van der Waals surface area contributed by atoms with Gasteiger partial charge in [-0.1, -0.05) is 15.9 Å². The van der Waals surface area contributed by atoms with Crippen molar-refractivity contribution < 1.29 is 9.21 Å². The third kappa shape index (κ3) is 1.38. The van der Waals surface area contributed by atoms with Gasteiger partial charge in [0.15, 0.2) is 5.78 Å². The third-order valence-corrected chi connectivity index (χ3v) is 2.67. The lowest BCUT2D eigenvalue weighted by Crippen LogP contribution is -1.91. The molecule has 0 amide bonds. The van der Waals surface area contributed by atoms with Crippen molar-refractivity contribution in [1.82, 2.24) is 0 Å². The first kappa shape index (κ1) is 9.46. The van der Waals surface area contributed by atoms with Crippen LogP contribution in [0, 0.1) is 6.92 Å². The Balaban J connectivity index is 2.86. The van der Waals surface area contributed by atoms with Gasteiger partial charge in [0.2, 0.25) is 0 Å². The minimum absolute atomic E-state index is 0.0411. The number of carbonyl (C=O) groups excluding carboxylic acids is 1. The molecule has 0 unspecified atom stereocenters. The second-order valence-corrected chi connectivity index (χ2v) is 4.15. The van der Waals surface area contributed by atoms with Crippen LogP contribution in [0.25, 0.3) is 11.0 Å². The molecular weight excluding hydrogens is 244 g/mol. The van der Waals surface area contributed by atoms with Crippen LogP contribution in [-0.4, -0.2) is 5.78 Å². The molecule has 3 heteroatoms. The van der Waals surface area contributed by atoms with Gasteiger partial charge in [-0.3, -0.25) is 4.79 Å². The van der Waals surface area contributed by atoms with Crippen LogP contribution in [0.2, 0.25) is 0 Å². The van der Waals surface area contributed by atoms with E-state index in [0.29, 0.717) is 11.3 Å². The summed E-state index contributed by atoms with van der Waals surface area (Å²) in [7, 11) is 0. The zero-order valence-electron chi connectivity index (χ0n) is 7.93. The van der Waals surface area contributed by atoms with E-state index >= 15 is 0 Å². The maximum atomic E-state index is 11.4. The van der Waals surface area contributed by atoms with Crippen molar-refractivity contribution in [2.24, 2.45) is 0 Å². The number of halogens is 1. The number of carbonyl (C=O) groups is 1. The van der Waals surface area contributed by atoms with Gasteiger partial charge in [0, 0.05) is 9.86 Å². The highest BCUT2D eigenvalue weighted by molar-refractivity contribution is 9.10. The molecule has 0 saturated carbocycles. The Morgan fingerprint density at radius 1 is 1.43 bits per heavy atom. The van der Waals surface area contributed by atoms with Gasteiger partial charge in [-0.05, 0) is 32.0 Å². The third-order valence-electron chi connectivity index (χ3n) is 2.18. The first-order chi connectivity index (χ1) is 6.59. The fourth-order valence-corrected chi connectivity index (χ4v) is 1.99. The molecule has 2 rings (SSSR count). The summed E-state index contributed by atoms with van der Waals surface area (Å²) in [6.45, 7) is 3.36. The summed E-state index contributed by atoms with van der Waals surface area (Å²) in [4.78, 5) is 11.4. The van der Waals surface area contributed by atoms with E-state index in [2.05, 4.69) is 15.9 Å². The minimum Gasteiger partial charge on any atom is -0.461 e. The first-order valence-electron chi connectivity index (χ1n) is 4.29. The topological polar surface area (TPSA) is 30.2 Å². The SMILES string of the molecule is CC(=O)c1c(C)oc2ccc(Br)cc12. The van der Waals surface area contributed by atoms with Crippen LogP contribution in [0.3, 0.4) is 0 Å². The van der Waals surface area contributed by atoms with Crippen LogP contribution in [-0.2, 0) is 0 Å². The Hall–Kier alpha value is -1.09. The number of hydrogen-bond acceptors (Lipinski definition) is 2. The Morgan fingerprint density at radius 2 is 2.14 bits per heavy atom. The lowest BCUT2D eigenvalue weighted by molar-refractivity contribution is 0.101. The molecule has 72 valence electrons. The standard InChI is InChI=1S/C11H9BrO2/c1-6(13)11-7(2)14-10-4-3-8(12)5-9(10)11/h3-5H,1-2H3. The van der Waals surface area contributed by atoms with Gasteiger partial charge in [0.1, 0.15) is 11.3 Å². The largest absolute Gasteiger partial charge is 0.461 e.